The third-order valence-electron chi connectivity index (χ3n) is 4.64. The lowest BCUT2D eigenvalue weighted by atomic mass is 9.94. The molecule has 2 aliphatic rings. The lowest BCUT2D eigenvalue weighted by molar-refractivity contribution is 0.202. The quantitative estimate of drug-likeness (QED) is 0.854. The number of nitrogens with zero attached hydrogens (tertiary/aromatic N) is 3. The minimum atomic E-state index is -3.44. The SMILES string of the molecule is Cc1cc(C2CCCN2S(=O)(=O)N2CC(C)CC(C)C2)on1. The van der Waals surface area contributed by atoms with Gasteiger partial charge in [-0.05, 0) is 38.0 Å². The molecule has 1 aromatic heterocycles. The van der Waals surface area contributed by atoms with Gasteiger partial charge in [-0.25, -0.2) is 0 Å². The molecule has 0 aliphatic carbocycles. The Bertz CT molecular complexity index is 618. The zero-order chi connectivity index (χ0) is 15.9. The summed E-state index contributed by atoms with van der Waals surface area (Å²) in [5.74, 6) is 1.48. The minimum Gasteiger partial charge on any atom is -0.359 e. The van der Waals surface area contributed by atoms with Crippen LogP contribution in [-0.2, 0) is 10.2 Å². The molecule has 0 bridgehead atoms. The van der Waals surface area contributed by atoms with Crippen molar-refractivity contribution in [1.82, 2.24) is 13.8 Å². The van der Waals surface area contributed by atoms with E-state index in [0.29, 0.717) is 37.2 Å². The largest absolute Gasteiger partial charge is 0.359 e. The predicted molar refractivity (Wildman–Crippen MR) is 83.4 cm³/mol. The van der Waals surface area contributed by atoms with Gasteiger partial charge >= 0.3 is 0 Å². The van der Waals surface area contributed by atoms with Crippen molar-refractivity contribution in [1.29, 1.82) is 0 Å². The third-order valence-corrected chi connectivity index (χ3v) is 6.62. The van der Waals surface area contributed by atoms with Gasteiger partial charge < -0.3 is 4.52 Å². The second-order valence-electron chi connectivity index (χ2n) is 6.91. The molecule has 3 rings (SSSR count). The number of rotatable bonds is 3. The lowest BCUT2D eigenvalue weighted by Gasteiger charge is -2.37. The first kappa shape index (κ1) is 16.0. The van der Waals surface area contributed by atoms with E-state index < -0.39 is 10.2 Å². The van der Waals surface area contributed by atoms with Gasteiger partial charge in [0.1, 0.15) is 0 Å². The van der Waals surface area contributed by atoms with Gasteiger partial charge in [-0.1, -0.05) is 19.0 Å². The molecule has 1 aromatic rings. The minimum absolute atomic E-state index is 0.210. The molecule has 22 heavy (non-hydrogen) atoms. The van der Waals surface area contributed by atoms with Gasteiger partial charge in [-0.2, -0.15) is 17.0 Å². The molecule has 6 nitrogen and oxygen atoms in total. The maximum absolute atomic E-state index is 13.1. The zero-order valence-corrected chi connectivity index (χ0v) is 14.3. The Labute approximate surface area is 132 Å². The molecule has 3 atom stereocenters. The Morgan fingerprint density at radius 3 is 2.55 bits per heavy atom. The van der Waals surface area contributed by atoms with Crippen molar-refractivity contribution in [2.24, 2.45) is 11.8 Å². The maximum Gasteiger partial charge on any atom is 0.282 e. The molecular formula is C15H25N3O3S. The van der Waals surface area contributed by atoms with E-state index in [-0.39, 0.29) is 6.04 Å². The first-order valence-corrected chi connectivity index (χ1v) is 9.47. The summed E-state index contributed by atoms with van der Waals surface area (Å²) in [6, 6.07) is 1.64. The summed E-state index contributed by atoms with van der Waals surface area (Å²) in [5.41, 5.74) is 0.791. The van der Waals surface area contributed by atoms with Crippen LogP contribution in [0.1, 0.15) is 50.6 Å². The van der Waals surface area contributed by atoms with Gasteiger partial charge in [0.05, 0.1) is 11.7 Å². The van der Waals surface area contributed by atoms with Crippen LogP contribution in [0.5, 0.6) is 0 Å². The van der Waals surface area contributed by atoms with Crippen LogP contribution in [0, 0.1) is 18.8 Å². The molecule has 0 radical (unpaired) electrons. The van der Waals surface area contributed by atoms with Gasteiger partial charge in [0, 0.05) is 25.7 Å². The van der Waals surface area contributed by atoms with Crippen molar-refractivity contribution < 1.29 is 12.9 Å². The summed E-state index contributed by atoms with van der Waals surface area (Å²) in [6.45, 7) is 7.90. The highest BCUT2D eigenvalue weighted by Crippen LogP contribution is 2.37. The van der Waals surface area contributed by atoms with E-state index in [1.807, 2.05) is 13.0 Å². The Hall–Kier alpha value is -0.920. The summed E-state index contributed by atoms with van der Waals surface area (Å²) in [4.78, 5) is 0. The number of aromatic nitrogens is 1. The van der Waals surface area contributed by atoms with E-state index in [1.54, 1.807) is 8.61 Å². The molecule has 2 fully saturated rings. The van der Waals surface area contributed by atoms with E-state index in [1.165, 1.54) is 0 Å². The van der Waals surface area contributed by atoms with Crippen LogP contribution in [0.15, 0.2) is 10.6 Å². The maximum atomic E-state index is 13.1. The average Bonchev–Trinajstić information content (AvgIpc) is 3.05. The topological polar surface area (TPSA) is 66.7 Å². The summed E-state index contributed by atoms with van der Waals surface area (Å²) >= 11 is 0. The van der Waals surface area contributed by atoms with Crippen LogP contribution in [0.25, 0.3) is 0 Å². The zero-order valence-electron chi connectivity index (χ0n) is 13.5. The highest BCUT2D eigenvalue weighted by Gasteiger charge is 2.42. The molecule has 0 aromatic carbocycles. The molecule has 2 aliphatic heterocycles. The normalized spacial score (nSPS) is 31.7. The van der Waals surface area contributed by atoms with E-state index >= 15 is 0 Å². The fourth-order valence-corrected chi connectivity index (χ4v) is 5.86. The van der Waals surface area contributed by atoms with Gasteiger partial charge in [0.25, 0.3) is 10.2 Å². The molecule has 0 amide bonds. The van der Waals surface area contributed by atoms with Crippen molar-refractivity contribution in [3.63, 3.8) is 0 Å². The molecule has 7 heteroatoms. The molecule has 0 N–H and O–H groups in total. The van der Waals surface area contributed by atoms with Gasteiger partial charge in [0.15, 0.2) is 5.76 Å². The third kappa shape index (κ3) is 2.94. The highest BCUT2D eigenvalue weighted by molar-refractivity contribution is 7.86. The Balaban J connectivity index is 1.84. The Morgan fingerprint density at radius 2 is 1.95 bits per heavy atom. The van der Waals surface area contributed by atoms with E-state index in [4.69, 9.17) is 4.52 Å². The van der Waals surface area contributed by atoms with Crippen LogP contribution >= 0.6 is 0 Å². The van der Waals surface area contributed by atoms with Gasteiger partial charge in [0.2, 0.25) is 0 Å². The van der Waals surface area contributed by atoms with E-state index in [2.05, 4.69) is 19.0 Å². The van der Waals surface area contributed by atoms with Gasteiger partial charge in [-0.3, -0.25) is 0 Å². The highest BCUT2D eigenvalue weighted by atomic mass is 32.2. The van der Waals surface area contributed by atoms with E-state index in [9.17, 15) is 8.42 Å². The van der Waals surface area contributed by atoms with Gasteiger partial charge in [-0.15, -0.1) is 0 Å². The van der Waals surface area contributed by atoms with Crippen molar-refractivity contribution >= 4 is 10.2 Å². The summed E-state index contributed by atoms with van der Waals surface area (Å²) in [7, 11) is -3.44. The molecule has 0 spiro atoms. The van der Waals surface area contributed by atoms with E-state index in [0.717, 1.165) is 25.0 Å². The number of aryl methyl sites for hydroxylation is 1. The smallest absolute Gasteiger partial charge is 0.282 e. The van der Waals surface area contributed by atoms with Crippen molar-refractivity contribution in [2.45, 2.75) is 46.1 Å². The number of hydrogen-bond acceptors (Lipinski definition) is 4. The average molecular weight is 327 g/mol. The first-order valence-electron chi connectivity index (χ1n) is 8.08. The number of piperidine rings is 1. The monoisotopic (exact) mass is 327 g/mol. The fraction of sp³-hybridized carbons (Fsp3) is 0.800. The van der Waals surface area contributed by atoms with Crippen LogP contribution in [0.4, 0.5) is 0 Å². The molecule has 3 unspecified atom stereocenters. The predicted octanol–water partition coefficient (Wildman–Crippen LogP) is 2.34. The van der Waals surface area contributed by atoms with Crippen LogP contribution in [0.3, 0.4) is 0 Å². The van der Waals surface area contributed by atoms with Crippen molar-refractivity contribution in [3.8, 4) is 0 Å². The Kier molecular flexibility index (Phi) is 4.31. The number of hydrogen-bond donors (Lipinski definition) is 0. The summed E-state index contributed by atoms with van der Waals surface area (Å²) < 4.78 is 34.7. The van der Waals surface area contributed by atoms with Crippen molar-refractivity contribution in [2.75, 3.05) is 19.6 Å². The van der Waals surface area contributed by atoms with Crippen molar-refractivity contribution in [3.05, 3.63) is 17.5 Å². The summed E-state index contributed by atoms with van der Waals surface area (Å²) in [5, 5.41) is 3.90. The standard InChI is InChI=1S/C15H25N3O3S/c1-11-7-12(2)10-17(9-11)22(19,20)18-6-4-5-14(18)15-8-13(3)16-21-15/h8,11-12,14H,4-7,9-10H2,1-3H3. The lowest BCUT2D eigenvalue weighted by Crippen LogP contribution is -2.49. The second kappa shape index (κ2) is 5.94. The van der Waals surface area contributed by atoms with Crippen LogP contribution < -0.4 is 0 Å². The molecular weight excluding hydrogens is 302 g/mol. The summed E-state index contributed by atoms with van der Waals surface area (Å²) in [6.07, 6.45) is 2.76. The Morgan fingerprint density at radius 1 is 1.27 bits per heavy atom. The molecule has 2 saturated heterocycles. The fourth-order valence-electron chi connectivity index (χ4n) is 3.78. The van der Waals surface area contributed by atoms with Crippen LogP contribution in [0.2, 0.25) is 0 Å². The van der Waals surface area contributed by atoms with Crippen LogP contribution in [-0.4, -0.2) is 41.8 Å². The molecule has 3 heterocycles. The second-order valence-corrected chi connectivity index (χ2v) is 8.79. The molecule has 124 valence electrons. The molecule has 0 saturated carbocycles. The first-order chi connectivity index (χ1) is 10.4.